The summed E-state index contributed by atoms with van der Waals surface area (Å²) in [5.41, 5.74) is 3.82. The van der Waals surface area contributed by atoms with Gasteiger partial charge in [0.2, 0.25) is 0 Å². The molecule has 0 radical (unpaired) electrons. The molecule has 5 heteroatoms. The van der Waals surface area contributed by atoms with Gasteiger partial charge in [0.1, 0.15) is 0 Å². The van der Waals surface area contributed by atoms with E-state index in [1.165, 1.54) is 5.56 Å². The summed E-state index contributed by atoms with van der Waals surface area (Å²) in [5.74, 6) is -0.426. The minimum Gasteiger partial charge on any atom is -0.354 e. The van der Waals surface area contributed by atoms with Crippen LogP contribution in [0.5, 0.6) is 0 Å². The molecule has 5 nitrogen and oxygen atoms in total. The fourth-order valence-electron chi connectivity index (χ4n) is 3.47. The van der Waals surface area contributed by atoms with Crippen LogP contribution >= 0.6 is 0 Å². The number of aromatic amines is 1. The maximum absolute atomic E-state index is 12.6. The van der Waals surface area contributed by atoms with Gasteiger partial charge in [0.05, 0.1) is 28.1 Å². The van der Waals surface area contributed by atoms with E-state index in [-0.39, 0.29) is 0 Å². The highest BCUT2D eigenvalue weighted by Crippen LogP contribution is 2.26. The van der Waals surface area contributed by atoms with E-state index in [9.17, 15) is 10.1 Å². The van der Waals surface area contributed by atoms with Gasteiger partial charge in [-0.05, 0) is 36.4 Å². The lowest BCUT2D eigenvalue weighted by Gasteiger charge is -2.03. The number of hydrogen-bond acceptors (Lipinski definition) is 3. The molecule has 142 valence electrons. The number of para-hydroxylation sites is 1. The van der Waals surface area contributed by atoms with E-state index < -0.39 is 5.91 Å². The summed E-state index contributed by atoms with van der Waals surface area (Å²) in [6.07, 6.45) is 0. The fourth-order valence-corrected chi connectivity index (χ4v) is 3.47. The first kappa shape index (κ1) is 18.6. The van der Waals surface area contributed by atoms with Crippen LogP contribution in [0, 0.1) is 11.3 Å². The highest BCUT2D eigenvalue weighted by atomic mass is 16.1. The zero-order chi connectivity index (χ0) is 20.2. The van der Waals surface area contributed by atoms with Crippen molar-refractivity contribution in [3.63, 3.8) is 0 Å². The van der Waals surface area contributed by atoms with Crippen LogP contribution in [0.25, 0.3) is 21.8 Å². The van der Waals surface area contributed by atoms with Crippen LogP contribution in [-0.2, 0) is 6.54 Å². The molecule has 0 atom stereocenters. The van der Waals surface area contributed by atoms with Gasteiger partial charge in [0.15, 0.2) is 0 Å². The maximum atomic E-state index is 12.6. The van der Waals surface area contributed by atoms with Crippen LogP contribution < -0.4 is 10.7 Å². The van der Waals surface area contributed by atoms with E-state index in [0.717, 1.165) is 34.9 Å². The monoisotopic (exact) mass is 380 g/mol. The predicted octanol–water partition coefficient (Wildman–Crippen LogP) is 4.04. The number of fused-ring (bicyclic) bond motifs is 3. The molecule has 2 N–H and O–H groups in total. The van der Waals surface area contributed by atoms with Crippen molar-refractivity contribution in [1.29, 1.82) is 5.26 Å². The number of hydrogen-bond donors (Lipinski definition) is 2. The number of H-pyrrole nitrogens is 1. The van der Waals surface area contributed by atoms with Crippen LogP contribution in [0.1, 0.15) is 28.4 Å². The summed E-state index contributed by atoms with van der Waals surface area (Å²) in [6, 6.07) is 22.6. The van der Waals surface area contributed by atoms with Crippen LogP contribution in [0.3, 0.4) is 0 Å². The molecule has 0 saturated carbocycles. The number of benzene rings is 2. The van der Waals surface area contributed by atoms with Gasteiger partial charge in [-0.2, -0.15) is 5.26 Å². The van der Waals surface area contributed by atoms with E-state index >= 15 is 0 Å². The summed E-state index contributed by atoms with van der Waals surface area (Å²) < 4.78 is 0. The van der Waals surface area contributed by atoms with Gasteiger partial charge in [0, 0.05) is 22.8 Å². The summed E-state index contributed by atoms with van der Waals surface area (Å²) in [7, 11) is 0. The number of nitrogens with one attached hydrogen (secondary N) is 2. The van der Waals surface area contributed by atoms with Crippen molar-refractivity contribution < 1.29 is 4.79 Å². The minimum absolute atomic E-state index is 0.308. The molecule has 0 saturated heterocycles. The van der Waals surface area contributed by atoms with Crippen molar-refractivity contribution in [3.8, 4) is 6.07 Å². The lowest BCUT2D eigenvalue weighted by atomic mass is 10.1. The van der Waals surface area contributed by atoms with Crippen molar-refractivity contribution in [2.45, 2.75) is 13.5 Å². The zero-order valence-corrected chi connectivity index (χ0v) is 16.1. The molecule has 29 heavy (non-hydrogen) atoms. The molecule has 1 heterocycles. The number of rotatable bonds is 4. The second kappa shape index (κ2) is 8.09. The summed E-state index contributed by atoms with van der Waals surface area (Å²) in [4.78, 5) is 20.4. The zero-order valence-electron chi connectivity index (χ0n) is 16.1. The Balaban J connectivity index is 1.85. The van der Waals surface area contributed by atoms with Crippen molar-refractivity contribution in [2.24, 2.45) is 4.99 Å². The Morgan fingerprint density at radius 1 is 1.07 bits per heavy atom. The third-order valence-electron chi connectivity index (χ3n) is 4.89. The topological polar surface area (TPSA) is 81.0 Å². The Kier molecular flexibility index (Phi) is 5.19. The quantitative estimate of drug-likeness (QED) is 0.561. The number of carbonyl (C=O) groups is 1. The molecule has 0 aliphatic rings. The molecule has 0 aliphatic heterocycles. The minimum atomic E-state index is -0.426. The number of aromatic nitrogens is 1. The first-order chi connectivity index (χ1) is 14.2. The van der Waals surface area contributed by atoms with Crippen LogP contribution in [0.2, 0.25) is 0 Å². The first-order valence-electron chi connectivity index (χ1n) is 9.54. The van der Waals surface area contributed by atoms with Crippen LogP contribution in [-0.4, -0.2) is 17.4 Å². The molecule has 0 spiro atoms. The third kappa shape index (κ3) is 3.66. The average Bonchev–Trinajstić information content (AvgIpc) is 2.97. The van der Waals surface area contributed by atoms with Crippen molar-refractivity contribution in [2.75, 3.05) is 6.54 Å². The molecule has 1 aromatic heterocycles. The van der Waals surface area contributed by atoms with Gasteiger partial charge < -0.3 is 10.3 Å². The maximum Gasteiger partial charge on any atom is 0.278 e. The molecule has 1 amide bonds. The summed E-state index contributed by atoms with van der Waals surface area (Å²) in [5, 5.41) is 15.3. The Morgan fingerprint density at radius 3 is 2.69 bits per heavy atom. The van der Waals surface area contributed by atoms with Gasteiger partial charge >= 0.3 is 0 Å². The largest absolute Gasteiger partial charge is 0.354 e. The Morgan fingerprint density at radius 2 is 1.86 bits per heavy atom. The van der Waals surface area contributed by atoms with Gasteiger partial charge in [-0.3, -0.25) is 4.79 Å². The molecule has 0 bridgehead atoms. The standard InChI is InChI=1S/C24H20N4O/c1-2-26-15-17-8-5-12-21-20-11-6-9-18(13-22(20)28-23(17)21)27-24(29)19-10-4-3-7-16(19)14-25/h3-13,26,28H,2,15H2,1H3. The first-order valence-corrected chi connectivity index (χ1v) is 9.54. The second-order valence-corrected chi connectivity index (χ2v) is 6.74. The van der Waals surface area contributed by atoms with Crippen molar-refractivity contribution in [1.82, 2.24) is 10.3 Å². The number of carbonyl (C=O) groups excluding carboxylic acids is 1. The molecule has 4 aromatic rings. The summed E-state index contributed by atoms with van der Waals surface area (Å²) in [6.45, 7) is 3.77. The normalized spacial score (nSPS) is 11.7. The van der Waals surface area contributed by atoms with Gasteiger partial charge in [-0.1, -0.05) is 49.4 Å². The van der Waals surface area contributed by atoms with E-state index in [0.29, 0.717) is 16.5 Å². The highest BCUT2D eigenvalue weighted by molar-refractivity contribution is 6.08. The van der Waals surface area contributed by atoms with Crippen molar-refractivity contribution in [3.05, 3.63) is 88.8 Å². The lowest BCUT2D eigenvalue weighted by Crippen LogP contribution is -2.11. The van der Waals surface area contributed by atoms with Crippen molar-refractivity contribution >= 4 is 27.7 Å². The van der Waals surface area contributed by atoms with E-state index in [2.05, 4.69) is 40.4 Å². The van der Waals surface area contributed by atoms with E-state index in [1.807, 2.05) is 24.3 Å². The number of nitrogens with zero attached hydrogens (tertiary/aromatic N) is 2. The van der Waals surface area contributed by atoms with E-state index in [4.69, 9.17) is 0 Å². The predicted molar refractivity (Wildman–Crippen MR) is 114 cm³/mol. The Bertz CT molecular complexity index is 1330. The molecule has 0 fully saturated rings. The molecule has 3 aromatic carbocycles. The lowest BCUT2D eigenvalue weighted by molar-refractivity contribution is 0.0998. The smallest absolute Gasteiger partial charge is 0.278 e. The van der Waals surface area contributed by atoms with Gasteiger partial charge in [-0.15, -0.1) is 0 Å². The van der Waals surface area contributed by atoms with Gasteiger partial charge in [0.25, 0.3) is 5.91 Å². The molecule has 4 rings (SSSR count). The fraction of sp³-hybridized carbons (Fsp3) is 0.125. The Hall–Kier alpha value is -3.75. The second-order valence-electron chi connectivity index (χ2n) is 6.74. The average molecular weight is 380 g/mol. The van der Waals surface area contributed by atoms with Crippen LogP contribution in [0.4, 0.5) is 0 Å². The number of amides is 1. The molecular weight excluding hydrogens is 360 g/mol. The molecule has 0 unspecified atom stereocenters. The van der Waals surface area contributed by atoms with Crippen LogP contribution in [0.15, 0.2) is 71.7 Å². The molecule has 0 aliphatic carbocycles. The number of nitriles is 1. The SMILES string of the molecule is CCNCc1cccc2c1[nH]c1cc(=NC(=O)c3ccccc3C#N)cccc12. The highest BCUT2D eigenvalue weighted by Gasteiger charge is 2.10. The summed E-state index contributed by atoms with van der Waals surface area (Å²) >= 11 is 0. The molecular formula is C24H20N4O. The third-order valence-corrected chi connectivity index (χ3v) is 4.89. The van der Waals surface area contributed by atoms with Gasteiger partial charge in [-0.25, -0.2) is 4.99 Å². The Labute approximate surface area is 168 Å². The van der Waals surface area contributed by atoms with E-state index in [1.54, 1.807) is 30.3 Å².